The second kappa shape index (κ2) is 4.86. The summed E-state index contributed by atoms with van der Waals surface area (Å²) < 4.78 is 5.21. The maximum atomic E-state index is 9.26. The van der Waals surface area contributed by atoms with E-state index in [4.69, 9.17) is 21.9 Å². The number of aromatic hydroxyl groups is 1. The summed E-state index contributed by atoms with van der Waals surface area (Å²) in [6, 6.07) is 11.6. The van der Waals surface area contributed by atoms with Gasteiger partial charge < -0.3 is 15.4 Å². The number of hydrogen-bond donors (Lipinski definition) is 2. The molecule has 0 spiro atoms. The van der Waals surface area contributed by atoms with Crippen LogP contribution in [-0.4, -0.2) is 15.2 Å². The molecule has 0 radical (unpaired) electrons. The molecule has 0 atom stereocenters. The third-order valence-electron chi connectivity index (χ3n) is 2.72. The molecule has 0 aliphatic carbocycles. The van der Waals surface area contributed by atoms with Gasteiger partial charge >= 0.3 is 0 Å². The number of nitrogens with zero attached hydrogens (tertiary/aromatic N) is 2. The molecule has 6 heteroatoms. The fourth-order valence-electron chi connectivity index (χ4n) is 1.80. The minimum atomic E-state index is 0.181. The Morgan fingerprint density at radius 2 is 1.80 bits per heavy atom. The van der Waals surface area contributed by atoms with Gasteiger partial charge in [-0.3, -0.25) is 0 Å². The molecule has 0 bridgehead atoms. The molecule has 1 heterocycles. The van der Waals surface area contributed by atoms with E-state index in [0.29, 0.717) is 28.0 Å². The molecule has 3 N–H and O–H groups in total. The second-order valence-corrected chi connectivity index (χ2v) is 4.68. The first kappa shape index (κ1) is 12.5. The third kappa shape index (κ3) is 2.44. The smallest absolute Gasteiger partial charge is 0.258 e. The van der Waals surface area contributed by atoms with E-state index in [1.807, 2.05) is 0 Å². The third-order valence-corrected chi connectivity index (χ3v) is 2.94. The molecule has 3 aromatic rings. The summed E-state index contributed by atoms with van der Waals surface area (Å²) in [6.45, 7) is 0. The predicted molar refractivity (Wildman–Crippen MR) is 76.3 cm³/mol. The Bertz CT molecular complexity index is 733. The number of phenols is 1. The zero-order chi connectivity index (χ0) is 14.1. The van der Waals surface area contributed by atoms with Gasteiger partial charge in [0.15, 0.2) is 0 Å². The van der Waals surface area contributed by atoms with Crippen LogP contribution in [0.2, 0.25) is 5.02 Å². The van der Waals surface area contributed by atoms with Gasteiger partial charge in [0.05, 0.1) is 0 Å². The van der Waals surface area contributed by atoms with Crippen LogP contribution < -0.4 is 5.73 Å². The van der Waals surface area contributed by atoms with Crippen LogP contribution in [0.5, 0.6) is 5.75 Å². The Hall–Kier alpha value is -2.53. The van der Waals surface area contributed by atoms with Crippen molar-refractivity contribution in [1.29, 1.82) is 0 Å². The molecule has 5 nitrogen and oxygen atoms in total. The fraction of sp³-hybridized carbons (Fsp3) is 0. The lowest BCUT2D eigenvalue weighted by Gasteiger charge is -1.98. The van der Waals surface area contributed by atoms with Crippen molar-refractivity contribution in [1.82, 2.24) is 10.1 Å². The van der Waals surface area contributed by atoms with Crippen molar-refractivity contribution in [3.05, 3.63) is 47.5 Å². The Morgan fingerprint density at radius 1 is 1.05 bits per heavy atom. The number of rotatable bonds is 2. The highest BCUT2D eigenvalue weighted by Gasteiger charge is 2.11. The van der Waals surface area contributed by atoms with Crippen molar-refractivity contribution in [3.63, 3.8) is 0 Å². The number of nitrogen functional groups attached to an aromatic ring is 1. The van der Waals surface area contributed by atoms with Gasteiger partial charge in [0.25, 0.3) is 5.89 Å². The molecular formula is C14H10ClN3O2. The number of halogens is 1. The van der Waals surface area contributed by atoms with E-state index in [2.05, 4.69) is 10.1 Å². The molecule has 0 saturated heterocycles. The quantitative estimate of drug-likeness (QED) is 0.706. The van der Waals surface area contributed by atoms with E-state index in [0.717, 1.165) is 5.56 Å². The van der Waals surface area contributed by atoms with Gasteiger partial charge in [-0.1, -0.05) is 16.8 Å². The van der Waals surface area contributed by atoms with Crippen LogP contribution in [0.15, 0.2) is 47.0 Å². The highest BCUT2D eigenvalue weighted by molar-refractivity contribution is 6.31. The van der Waals surface area contributed by atoms with Crippen LogP contribution in [-0.2, 0) is 0 Å². The maximum absolute atomic E-state index is 9.26. The Morgan fingerprint density at radius 3 is 2.50 bits per heavy atom. The zero-order valence-corrected chi connectivity index (χ0v) is 11.0. The molecule has 2 aromatic carbocycles. The zero-order valence-electron chi connectivity index (χ0n) is 10.2. The summed E-state index contributed by atoms with van der Waals surface area (Å²) in [5.74, 6) is 0.945. The number of nitrogens with two attached hydrogens (primary N) is 1. The van der Waals surface area contributed by atoms with Crippen molar-refractivity contribution in [3.8, 4) is 28.6 Å². The average Bonchev–Trinajstić information content (AvgIpc) is 2.88. The first-order valence-corrected chi connectivity index (χ1v) is 6.19. The summed E-state index contributed by atoms with van der Waals surface area (Å²) in [6.07, 6.45) is 0. The number of benzene rings is 2. The van der Waals surface area contributed by atoms with Crippen LogP contribution in [0.4, 0.5) is 5.69 Å². The molecule has 3 rings (SSSR count). The number of aromatic nitrogens is 2. The molecule has 0 aliphatic rings. The topological polar surface area (TPSA) is 85.2 Å². The van der Waals surface area contributed by atoms with E-state index in [-0.39, 0.29) is 5.75 Å². The molecule has 0 aliphatic heterocycles. The van der Waals surface area contributed by atoms with Crippen molar-refractivity contribution in [2.45, 2.75) is 0 Å². The minimum absolute atomic E-state index is 0.181. The molecule has 0 fully saturated rings. The lowest BCUT2D eigenvalue weighted by Crippen LogP contribution is -1.86. The fourth-order valence-corrected chi connectivity index (χ4v) is 2.05. The Balaban J connectivity index is 1.99. The molecule has 0 unspecified atom stereocenters. The van der Waals surface area contributed by atoms with E-state index in [1.54, 1.807) is 42.5 Å². The van der Waals surface area contributed by atoms with E-state index in [1.165, 1.54) is 0 Å². The van der Waals surface area contributed by atoms with Gasteiger partial charge in [-0.2, -0.15) is 4.98 Å². The maximum Gasteiger partial charge on any atom is 0.258 e. The minimum Gasteiger partial charge on any atom is -0.508 e. The molecule has 100 valence electrons. The monoisotopic (exact) mass is 287 g/mol. The Kier molecular flexibility index (Phi) is 3.04. The highest BCUT2D eigenvalue weighted by atomic mass is 35.5. The van der Waals surface area contributed by atoms with Crippen LogP contribution in [0.25, 0.3) is 22.8 Å². The first-order valence-electron chi connectivity index (χ1n) is 5.81. The first-order chi connectivity index (χ1) is 9.61. The van der Waals surface area contributed by atoms with Crippen LogP contribution in [0.1, 0.15) is 0 Å². The van der Waals surface area contributed by atoms with Crippen molar-refractivity contribution in [2.75, 3.05) is 5.73 Å². The molecule has 1 aromatic heterocycles. The van der Waals surface area contributed by atoms with E-state index >= 15 is 0 Å². The SMILES string of the molecule is Nc1cc(Cl)cc(-c2nc(-c3ccc(O)cc3)no2)c1. The second-order valence-electron chi connectivity index (χ2n) is 4.24. The van der Waals surface area contributed by atoms with Gasteiger partial charge in [-0.25, -0.2) is 0 Å². The van der Waals surface area contributed by atoms with E-state index < -0.39 is 0 Å². The molecule has 0 amide bonds. The van der Waals surface area contributed by atoms with Gasteiger partial charge in [-0.15, -0.1) is 0 Å². The summed E-state index contributed by atoms with van der Waals surface area (Å²) in [5, 5.41) is 13.7. The number of hydrogen-bond acceptors (Lipinski definition) is 5. The summed E-state index contributed by atoms with van der Waals surface area (Å²) in [7, 11) is 0. The molecular weight excluding hydrogens is 278 g/mol. The highest BCUT2D eigenvalue weighted by Crippen LogP contribution is 2.27. The number of phenolic OH excluding ortho intramolecular Hbond substituents is 1. The van der Waals surface area contributed by atoms with Gasteiger partial charge in [0.2, 0.25) is 5.82 Å². The Labute approximate surface area is 119 Å². The van der Waals surface area contributed by atoms with E-state index in [9.17, 15) is 5.11 Å². The van der Waals surface area contributed by atoms with Gasteiger partial charge in [0, 0.05) is 21.8 Å². The van der Waals surface area contributed by atoms with Crippen molar-refractivity contribution < 1.29 is 9.63 Å². The lowest BCUT2D eigenvalue weighted by atomic mass is 10.2. The van der Waals surface area contributed by atoms with Crippen LogP contribution >= 0.6 is 11.6 Å². The van der Waals surface area contributed by atoms with Crippen molar-refractivity contribution in [2.24, 2.45) is 0 Å². The summed E-state index contributed by atoms with van der Waals surface area (Å²) >= 11 is 5.94. The number of anilines is 1. The average molecular weight is 288 g/mol. The van der Waals surface area contributed by atoms with Crippen molar-refractivity contribution >= 4 is 17.3 Å². The summed E-state index contributed by atoms with van der Waals surface area (Å²) in [5.41, 5.74) is 7.66. The lowest BCUT2D eigenvalue weighted by molar-refractivity contribution is 0.432. The van der Waals surface area contributed by atoms with Gasteiger partial charge in [0.1, 0.15) is 5.75 Å². The van der Waals surface area contributed by atoms with Crippen LogP contribution in [0.3, 0.4) is 0 Å². The molecule has 0 saturated carbocycles. The predicted octanol–water partition coefficient (Wildman–Crippen LogP) is 3.34. The summed E-state index contributed by atoms with van der Waals surface area (Å²) in [4.78, 5) is 4.29. The van der Waals surface area contributed by atoms with Crippen LogP contribution in [0, 0.1) is 0 Å². The van der Waals surface area contributed by atoms with Gasteiger partial charge in [-0.05, 0) is 42.5 Å². The molecule has 20 heavy (non-hydrogen) atoms. The normalized spacial score (nSPS) is 10.7. The standard InChI is InChI=1S/C14H10ClN3O2/c15-10-5-9(6-11(16)7-10)14-17-13(18-20-14)8-1-3-12(19)4-2-8/h1-7,19H,16H2. The largest absolute Gasteiger partial charge is 0.508 e.